The average Bonchev–Trinajstić information content (AvgIpc) is 2.62. The molecule has 2 aromatic carbocycles. The molecule has 0 saturated carbocycles. The first kappa shape index (κ1) is 15.3. The van der Waals surface area contributed by atoms with Crippen LogP contribution in [0.15, 0.2) is 76.1 Å². The summed E-state index contributed by atoms with van der Waals surface area (Å²) in [5.74, 6) is -0.261. The van der Waals surface area contributed by atoms with Gasteiger partial charge in [-0.2, -0.15) is 4.57 Å². The summed E-state index contributed by atoms with van der Waals surface area (Å²) in [4.78, 5) is 25.0. The molecule has 4 heteroatoms. The number of benzene rings is 2. The molecule has 4 aromatic rings. The molecule has 0 spiro atoms. The molecule has 0 fully saturated rings. The minimum Gasteiger partial charge on any atom is -0.422 e. The summed E-state index contributed by atoms with van der Waals surface area (Å²) >= 11 is 0. The first-order chi connectivity index (χ1) is 12.1. The van der Waals surface area contributed by atoms with Gasteiger partial charge < -0.3 is 4.42 Å². The van der Waals surface area contributed by atoms with Crippen LogP contribution in [0.25, 0.3) is 21.7 Å². The van der Waals surface area contributed by atoms with Gasteiger partial charge in [0.2, 0.25) is 12.3 Å². The fraction of sp³-hybridized carbons (Fsp3) is 0.0952. The Morgan fingerprint density at radius 2 is 1.80 bits per heavy atom. The van der Waals surface area contributed by atoms with Crippen LogP contribution < -0.4 is 10.2 Å². The Kier molecular flexibility index (Phi) is 3.65. The van der Waals surface area contributed by atoms with Gasteiger partial charge in [-0.05, 0) is 22.9 Å². The number of fused-ring (bicyclic) bond motifs is 3. The van der Waals surface area contributed by atoms with Gasteiger partial charge in [0, 0.05) is 24.4 Å². The second-order valence-corrected chi connectivity index (χ2v) is 6.04. The van der Waals surface area contributed by atoms with Crippen molar-refractivity contribution in [2.24, 2.45) is 0 Å². The lowest BCUT2D eigenvalue weighted by molar-refractivity contribution is -0.689. The summed E-state index contributed by atoms with van der Waals surface area (Å²) in [6.07, 6.45) is 1.82. The third kappa shape index (κ3) is 2.72. The van der Waals surface area contributed by atoms with E-state index < -0.39 is 5.63 Å². The number of aromatic nitrogens is 1. The smallest absolute Gasteiger partial charge is 0.347 e. The summed E-state index contributed by atoms with van der Waals surface area (Å²) < 4.78 is 7.22. The monoisotopic (exact) mass is 330 g/mol. The van der Waals surface area contributed by atoms with E-state index in [1.807, 2.05) is 66.2 Å². The fourth-order valence-corrected chi connectivity index (χ4v) is 3.04. The number of carbonyl (C=O) groups is 1. The predicted octanol–water partition coefficient (Wildman–Crippen LogP) is 3.43. The Hall–Kier alpha value is -3.27. The SMILES string of the molecule is Cc1cccc[n+]1CC(=O)c1cc2c(ccc3ccccc32)oc1=O. The van der Waals surface area contributed by atoms with Crippen molar-refractivity contribution in [1.82, 2.24) is 0 Å². The molecule has 2 heterocycles. The highest BCUT2D eigenvalue weighted by Gasteiger charge is 2.19. The Labute approximate surface area is 144 Å². The van der Waals surface area contributed by atoms with E-state index in [-0.39, 0.29) is 17.9 Å². The molecular formula is C21H16NO3+. The molecule has 0 aliphatic rings. The van der Waals surface area contributed by atoms with Crippen molar-refractivity contribution in [3.63, 3.8) is 0 Å². The predicted molar refractivity (Wildman–Crippen MR) is 95.7 cm³/mol. The summed E-state index contributed by atoms with van der Waals surface area (Å²) in [5, 5.41) is 2.77. The van der Waals surface area contributed by atoms with Crippen molar-refractivity contribution in [3.8, 4) is 0 Å². The normalized spacial score (nSPS) is 11.1. The fourth-order valence-electron chi connectivity index (χ4n) is 3.04. The van der Waals surface area contributed by atoms with Crippen molar-refractivity contribution in [1.29, 1.82) is 0 Å². The lowest BCUT2D eigenvalue weighted by Gasteiger charge is -2.05. The average molecular weight is 330 g/mol. The van der Waals surface area contributed by atoms with Crippen LogP contribution in [0.3, 0.4) is 0 Å². The third-order valence-electron chi connectivity index (χ3n) is 4.42. The minimum atomic E-state index is -0.595. The molecule has 0 saturated heterocycles. The maximum atomic E-state index is 12.7. The van der Waals surface area contributed by atoms with Crippen LogP contribution in [0.5, 0.6) is 0 Å². The number of carbonyl (C=O) groups excluding carboxylic acids is 1. The Morgan fingerprint density at radius 3 is 2.64 bits per heavy atom. The van der Waals surface area contributed by atoms with Gasteiger partial charge in [0.25, 0.3) is 0 Å². The van der Waals surface area contributed by atoms with Crippen LogP contribution in [0.1, 0.15) is 16.1 Å². The molecule has 4 nitrogen and oxygen atoms in total. The Balaban J connectivity index is 1.85. The van der Waals surface area contributed by atoms with E-state index >= 15 is 0 Å². The van der Waals surface area contributed by atoms with Gasteiger partial charge >= 0.3 is 5.63 Å². The number of rotatable bonds is 3. The van der Waals surface area contributed by atoms with Crippen molar-refractivity contribution in [2.45, 2.75) is 13.5 Å². The van der Waals surface area contributed by atoms with E-state index in [9.17, 15) is 9.59 Å². The molecule has 0 N–H and O–H groups in total. The molecule has 0 bridgehead atoms. The van der Waals surface area contributed by atoms with Crippen LogP contribution in [0, 0.1) is 6.92 Å². The van der Waals surface area contributed by atoms with E-state index in [2.05, 4.69) is 0 Å². The third-order valence-corrected chi connectivity index (χ3v) is 4.42. The molecule has 0 radical (unpaired) electrons. The Bertz CT molecular complexity index is 1170. The second-order valence-electron chi connectivity index (χ2n) is 6.04. The van der Waals surface area contributed by atoms with Gasteiger partial charge in [0.1, 0.15) is 11.1 Å². The maximum Gasteiger partial charge on any atom is 0.347 e. The van der Waals surface area contributed by atoms with Gasteiger partial charge in [0.15, 0.2) is 11.9 Å². The number of pyridine rings is 1. The molecule has 25 heavy (non-hydrogen) atoms. The van der Waals surface area contributed by atoms with Gasteiger partial charge in [-0.15, -0.1) is 0 Å². The van der Waals surface area contributed by atoms with Gasteiger partial charge in [-0.25, -0.2) is 4.79 Å². The molecule has 4 rings (SSSR count). The highest BCUT2D eigenvalue weighted by Crippen LogP contribution is 2.25. The van der Waals surface area contributed by atoms with Crippen molar-refractivity contribution in [2.75, 3.05) is 0 Å². The number of Topliss-reactive ketones (excluding diaryl/α,β-unsaturated/α-hetero) is 1. The van der Waals surface area contributed by atoms with Crippen molar-refractivity contribution in [3.05, 3.63) is 88.5 Å². The van der Waals surface area contributed by atoms with E-state index in [1.165, 1.54) is 0 Å². The number of hydrogen-bond acceptors (Lipinski definition) is 3. The zero-order valence-electron chi connectivity index (χ0n) is 13.7. The largest absolute Gasteiger partial charge is 0.422 e. The minimum absolute atomic E-state index is 0.0830. The maximum absolute atomic E-state index is 12.7. The number of nitrogens with zero attached hydrogens (tertiary/aromatic N) is 1. The molecule has 0 atom stereocenters. The standard InChI is InChI=1S/C21H16NO3/c1-14-6-4-5-11-22(14)13-19(23)18-12-17-16-8-3-2-7-15(16)9-10-20(17)25-21(18)24/h2-12H,13H2,1H3/q+1. The Morgan fingerprint density at radius 1 is 1.00 bits per heavy atom. The number of hydrogen-bond donors (Lipinski definition) is 0. The van der Waals surface area contributed by atoms with E-state index in [0.29, 0.717) is 5.58 Å². The summed E-state index contributed by atoms with van der Waals surface area (Å²) in [5.41, 5.74) is 0.928. The van der Waals surface area contributed by atoms with Crippen LogP contribution >= 0.6 is 0 Å². The van der Waals surface area contributed by atoms with Gasteiger partial charge in [-0.3, -0.25) is 4.79 Å². The topological polar surface area (TPSA) is 51.2 Å². The molecule has 122 valence electrons. The first-order valence-corrected chi connectivity index (χ1v) is 8.07. The molecule has 0 aliphatic heterocycles. The highest BCUT2D eigenvalue weighted by atomic mass is 16.4. The quantitative estimate of drug-likeness (QED) is 0.250. The number of aryl methyl sites for hydroxylation is 1. The molecule has 2 aromatic heterocycles. The molecule has 0 unspecified atom stereocenters. The summed E-state index contributed by atoms with van der Waals surface area (Å²) in [6.45, 7) is 2.03. The van der Waals surface area contributed by atoms with Gasteiger partial charge in [-0.1, -0.05) is 36.4 Å². The zero-order chi connectivity index (χ0) is 17.4. The van der Waals surface area contributed by atoms with Gasteiger partial charge in [0.05, 0.1) is 0 Å². The van der Waals surface area contributed by atoms with Crippen molar-refractivity contribution < 1.29 is 13.8 Å². The summed E-state index contributed by atoms with van der Waals surface area (Å²) in [6, 6.07) is 18.9. The first-order valence-electron chi connectivity index (χ1n) is 8.07. The lowest BCUT2D eigenvalue weighted by atomic mass is 10.0. The van der Waals surface area contributed by atoms with Crippen LogP contribution in [0.4, 0.5) is 0 Å². The van der Waals surface area contributed by atoms with Crippen LogP contribution in [-0.4, -0.2) is 5.78 Å². The molecular weight excluding hydrogens is 314 g/mol. The van der Waals surface area contributed by atoms with E-state index in [0.717, 1.165) is 21.9 Å². The van der Waals surface area contributed by atoms with E-state index in [1.54, 1.807) is 12.1 Å². The van der Waals surface area contributed by atoms with Crippen LogP contribution in [0.2, 0.25) is 0 Å². The molecule has 0 aliphatic carbocycles. The number of ketones is 1. The summed E-state index contributed by atoms with van der Waals surface area (Å²) in [7, 11) is 0. The molecule has 0 amide bonds. The zero-order valence-corrected chi connectivity index (χ0v) is 13.7. The lowest BCUT2D eigenvalue weighted by Crippen LogP contribution is -2.41. The van der Waals surface area contributed by atoms with Crippen LogP contribution in [-0.2, 0) is 6.54 Å². The second kappa shape index (κ2) is 5.98. The van der Waals surface area contributed by atoms with E-state index in [4.69, 9.17) is 4.42 Å². The van der Waals surface area contributed by atoms with Crippen molar-refractivity contribution >= 4 is 27.5 Å². The highest BCUT2D eigenvalue weighted by molar-refractivity contribution is 6.08.